The molecule has 4 nitrogen and oxygen atoms in total. The van der Waals surface area contributed by atoms with E-state index in [9.17, 15) is 9.59 Å². The van der Waals surface area contributed by atoms with Gasteiger partial charge in [0.15, 0.2) is 0 Å². The third-order valence-corrected chi connectivity index (χ3v) is 3.95. The minimum Gasteiger partial charge on any atom is -0.347 e. The van der Waals surface area contributed by atoms with Gasteiger partial charge in [0.1, 0.15) is 0 Å². The first-order valence-electron chi connectivity index (χ1n) is 7.77. The van der Waals surface area contributed by atoms with E-state index in [0.29, 0.717) is 12.3 Å². The predicted octanol–water partition coefficient (Wildman–Crippen LogP) is 3.02. The number of amides is 2. The van der Waals surface area contributed by atoms with Crippen LogP contribution in [-0.2, 0) is 9.59 Å². The second-order valence-corrected chi connectivity index (χ2v) is 6.07. The molecule has 0 saturated carbocycles. The highest BCUT2D eigenvalue weighted by Crippen LogP contribution is 2.22. The zero-order valence-corrected chi connectivity index (χ0v) is 13.5. The van der Waals surface area contributed by atoms with Crippen molar-refractivity contribution in [2.24, 2.45) is 5.92 Å². The van der Waals surface area contributed by atoms with Gasteiger partial charge in [0.2, 0.25) is 11.8 Å². The number of hydrogen-bond acceptors (Lipinski definition) is 2. The van der Waals surface area contributed by atoms with E-state index in [4.69, 9.17) is 0 Å². The first-order valence-corrected chi connectivity index (χ1v) is 7.77. The molecule has 0 aliphatic heterocycles. The van der Waals surface area contributed by atoms with Crippen LogP contribution in [0.15, 0.2) is 24.3 Å². The molecule has 1 aliphatic rings. The Morgan fingerprint density at radius 3 is 2.41 bits per heavy atom. The largest absolute Gasteiger partial charge is 0.347 e. The van der Waals surface area contributed by atoms with Crippen molar-refractivity contribution in [3.63, 3.8) is 0 Å². The summed E-state index contributed by atoms with van der Waals surface area (Å²) in [6, 6.07) is 4.07. The number of aryl methyl sites for hydroxylation is 3. The molecule has 4 heteroatoms. The van der Waals surface area contributed by atoms with Gasteiger partial charge < -0.3 is 10.6 Å². The molecule has 0 aromatic heterocycles. The molecule has 0 heterocycles. The highest BCUT2D eigenvalue weighted by atomic mass is 16.2. The molecule has 0 spiro atoms. The number of hydrogen-bond donors (Lipinski definition) is 2. The van der Waals surface area contributed by atoms with Gasteiger partial charge in [-0.05, 0) is 50.7 Å². The Bertz CT molecular complexity index is 582. The summed E-state index contributed by atoms with van der Waals surface area (Å²) >= 11 is 0. The van der Waals surface area contributed by atoms with Gasteiger partial charge in [-0.2, -0.15) is 0 Å². The summed E-state index contributed by atoms with van der Waals surface area (Å²) in [7, 11) is 0. The fourth-order valence-electron chi connectivity index (χ4n) is 2.92. The smallest absolute Gasteiger partial charge is 0.243 e. The predicted molar refractivity (Wildman–Crippen MR) is 88.8 cm³/mol. The van der Waals surface area contributed by atoms with Gasteiger partial charge in [-0.3, -0.25) is 9.59 Å². The van der Waals surface area contributed by atoms with Crippen LogP contribution in [0.2, 0.25) is 0 Å². The molecule has 118 valence electrons. The van der Waals surface area contributed by atoms with Crippen LogP contribution in [0.25, 0.3) is 0 Å². The normalized spacial score (nSPS) is 16.6. The lowest BCUT2D eigenvalue weighted by Crippen LogP contribution is -2.33. The van der Waals surface area contributed by atoms with E-state index in [0.717, 1.165) is 29.7 Å². The van der Waals surface area contributed by atoms with Crippen molar-refractivity contribution in [2.75, 3.05) is 11.9 Å². The first kappa shape index (κ1) is 16.3. The molecule has 1 atom stereocenters. The average molecular weight is 300 g/mol. The molecular weight excluding hydrogens is 276 g/mol. The molecule has 1 aromatic rings. The molecule has 22 heavy (non-hydrogen) atoms. The Morgan fingerprint density at radius 1 is 1.14 bits per heavy atom. The Labute approximate surface area is 132 Å². The average Bonchev–Trinajstić information content (AvgIpc) is 2.93. The summed E-state index contributed by atoms with van der Waals surface area (Å²) < 4.78 is 0. The zero-order chi connectivity index (χ0) is 16.1. The summed E-state index contributed by atoms with van der Waals surface area (Å²) in [6.45, 7) is 5.99. The molecule has 0 bridgehead atoms. The van der Waals surface area contributed by atoms with Gasteiger partial charge in [0.05, 0.1) is 6.54 Å². The summed E-state index contributed by atoms with van der Waals surface area (Å²) in [5.41, 5.74) is 4.08. The fraction of sp³-hybridized carbons (Fsp3) is 0.444. The third kappa shape index (κ3) is 4.45. The lowest BCUT2D eigenvalue weighted by molar-refractivity contribution is -0.124. The van der Waals surface area contributed by atoms with Crippen LogP contribution < -0.4 is 10.6 Å². The molecule has 2 N–H and O–H groups in total. The molecular formula is C18H24N2O2. The van der Waals surface area contributed by atoms with Crippen LogP contribution in [0.5, 0.6) is 0 Å². The van der Waals surface area contributed by atoms with Gasteiger partial charge in [0.25, 0.3) is 0 Å². The zero-order valence-electron chi connectivity index (χ0n) is 13.5. The molecule has 2 rings (SSSR count). The van der Waals surface area contributed by atoms with Crippen LogP contribution in [0.1, 0.15) is 36.0 Å². The maximum atomic E-state index is 12.0. The van der Waals surface area contributed by atoms with Crippen molar-refractivity contribution in [3.8, 4) is 0 Å². The Balaban J connectivity index is 1.83. The molecule has 1 aliphatic carbocycles. The summed E-state index contributed by atoms with van der Waals surface area (Å²) in [5, 5.41) is 5.58. The fourth-order valence-corrected chi connectivity index (χ4v) is 2.92. The lowest BCUT2D eigenvalue weighted by atomic mass is 10.0. The molecule has 1 aromatic carbocycles. The van der Waals surface area contributed by atoms with E-state index in [1.54, 1.807) is 0 Å². The first-order chi connectivity index (χ1) is 10.5. The number of nitrogens with one attached hydrogen (secondary N) is 2. The number of benzene rings is 1. The third-order valence-electron chi connectivity index (χ3n) is 3.95. The van der Waals surface area contributed by atoms with E-state index in [1.165, 1.54) is 5.56 Å². The SMILES string of the molecule is Cc1cc(C)c(NC(=O)CNC(=O)CC2C=CCC2)c(C)c1. The summed E-state index contributed by atoms with van der Waals surface area (Å²) in [6.07, 6.45) is 6.73. The van der Waals surface area contributed by atoms with Crippen molar-refractivity contribution in [3.05, 3.63) is 41.0 Å². The van der Waals surface area contributed by atoms with Crippen molar-refractivity contribution < 1.29 is 9.59 Å². The van der Waals surface area contributed by atoms with Gasteiger partial charge >= 0.3 is 0 Å². The van der Waals surface area contributed by atoms with Gasteiger partial charge in [0, 0.05) is 12.1 Å². The second kappa shape index (κ2) is 7.25. The van der Waals surface area contributed by atoms with Crippen LogP contribution in [0.4, 0.5) is 5.69 Å². The number of carbonyl (C=O) groups is 2. The van der Waals surface area contributed by atoms with E-state index in [-0.39, 0.29) is 18.4 Å². The van der Waals surface area contributed by atoms with E-state index < -0.39 is 0 Å². The Kier molecular flexibility index (Phi) is 5.36. The summed E-state index contributed by atoms with van der Waals surface area (Å²) in [5.74, 6) is 0.0686. The number of allylic oxidation sites excluding steroid dienone is 2. The van der Waals surface area contributed by atoms with Gasteiger partial charge in [-0.1, -0.05) is 29.8 Å². The van der Waals surface area contributed by atoms with E-state index >= 15 is 0 Å². The highest BCUT2D eigenvalue weighted by molar-refractivity contribution is 5.95. The van der Waals surface area contributed by atoms with Crippen molar-refractivity contribution >= 4 is 17.5 Å². The lowest BCUT2D eigenvalue weighted by Gasteiger charge is -2.13. The van der Waals surface area contributed by atoms with Crippen molar-refractivity contribution in [1.29, 1.82) is 0 Å². The molecule has 0 radical (unpaired) electrons. The number of rotatable bonds is 5. The molecule has 1 unspecified atom stereocenters. The molecule has 0 fully saturated rings. The number of anilines is 1. The molecule has 2 amide bonds. The maximum Gasteiger partial charge on any atom is 0.243 e. The quantitative estimate of drug-likeness (QED) is 0.821. The van der Waals surface area contributed by atoms with Crippen LogP contribution in [0, 0.1) is 26.7 Å². The molecule has 0 saturated heterocycles. The summed E-state index contributed by atoms with van der Waals surface area (Å²) in [4.78, 5) is 23.8. The van der Waals surface area contributed by atoms with E-state index in [1.807, 2.05) is 32.9 Å². The number of carbonyl (C=O) groups excluding carboxylic acids is 2. The topological polar surface area (TPSA) is 58.2 Å². The second-order valence-electron chi connectivity index (χ2n) is 6.07. The van der Waals surface area contributed by atoms with Gasteiger partial charge in [-0.25, -0.2) is 0 Å². The van der Waals surface area contributed by atoms with Gasteiger partial charge in [-0.15, -0.1) is 0 Å². The minimum atomic E-state index is -0.189. The highest BCUT2D eigenvalue weighted by Gasteiger charge is 2.15. The van der Waals surface area contributed by atoms with Crippen LogP contribution in [-0.4, -0.2) is 18.4 Å². The van der Waals surface area contributed by atoms with Crippen molar-refractivity contribution in [2.45, 2.75) is 40.0 Å². The Hall–Kier alpha value is -2.10. The Morgan fingerprint density at radius 2 is 1.82 bits per heavy atom. The van der Waals surface area contributed by atoms with E-state index in [2.05, 4.69) is 22.8 Å². The maximum absolute atomic E-state index is 12.0. The van der Waals surface area contributed by atoms with Crippen LogP contribution in [0.3, 0.4) is 0 Å². The standard InChI is InChI=1S/C18H24N2O2/c1-12-8-13(2)18(14(3)9-12)20-17(22)11-19-16(21)10-15-6-4-5-7-15/h4,6,8-9,15H,5,7,10-11H2,1-3H3,(H,19,21)(H,20,22). The minimum absolute atomic E-state index is 0.0159. The van der Waals surface area contributed by atoms with Crippen LogP contribution >= 0.6 is 0 Å². The monoisotopic (exact) mass is 300 g/mol. The van der Waals surface area contributed by atoms with Crippen molar-refractivity contribution in [1.82, 2.24) is 5.32 Å².